The fourth-order valence-corrected chi connectivity index (χ4v) is 8.53. The Kier molecular flexibility index (Phi) is 10.9. The van der Waals surface area contributed by atoms with Crippen molar-refractivity contribution in [2.45, 2.75) is 51.6 Å². The summed E-state index contributed by atoms with van der Waals surface area (Å²) in [4.78, 5) is 52.4. The molecule has 1 fully saturated rings. The highest BCUT2D eigenvalue weighted by Gasteiger charge is 2.50. The van der Waals surface area contributed by atoms with Crippen LogP contribution in [-0.4, -0.2) is 89.7 Å². The van der Waals surface area contributed by atoms with Crippen molar-refractivity contribution in [3.8, 4) is 0 Å². The first-order valence-corrected chi connectivity index (χ1v) is 21.0. The Balaban J connectivity index is 1.38. The number of aromatic amines is 1. The molecule has 262 valence electrons. The van der Waals surface area contributed by atoms with Crippen molar-refractivity contribution in [3.63, 3.8) is 0 Å². The first-order valence-electron chi connectivity index (χ1n) is 14.6. The van der Waals surface area contributed by atoms with Gasteiger partial charge in [0, 0.05) is 12.5 Å². The van der Waals surface area contributed by atoms with Gasteiger partial charge in [0.25, 0.3) is 5.56 Å². The number of aromatic nitrogens is 8. The lowest BCUT2D eigenvalue weighted by atomic mass is 10.1. The van der Waals surface area contributed by atoms with Crippen LogP contribution in [0.25, 0.3) is 27.2 Å². The number of nitrogens with zero attached hydrogens (tertiary/aromatic N) is 8. The van der Waals surface area contributed by atoms with E-state index in [4.69, 9.17) is 57.5 Å². The van der Waals surface area contributed by atoms with Crippen molar-refractivity contribution < 1.29 is 36.5 Å². The molecule has 1 amide bonds. The van der Waals surface area contributed by atoms with Crippen molar-refractivity contribution >= 4 is 82.5 Å². The van der Waals surface area contributed by atoms with Gasteiger partial charge >= 0.3 is 6.72 Å². The lowest BCUT2D eigenvalue weighted by molar-refractivity contribution is -0.118. The second-order valence-corrected chi connectivity index (χ2v) is 19.2. The Bertz CT molecular complexity index is 2080. The number of halogens is 1. The molecule has 24 heteroatoms. The number of carbonyl (C=O) groups is 1. The minimum atomic E-state index is -3.56. The van der Waals surface area contributed by atoms with E-state index in [0.717, 1.165) is 0 Å². The van der Waals surface area contributed by atoms with Crippen LogP contribution in [0.4, 0.5) is 10.3 Å². The molecule has 0 radical (unpaired) electrons. The quantitative estimate of drug-likeness (QED) is 0.112. The molecule has 0 saturated carbocycles. The second kappa shape index (κ2) is 14.8. The van der Waals surface area contributed by atoms with Crippen LogP contribution in [0.2, 0.25) is 0 Å². The largest absolute Gasteiger partial charge is 0.346 e. The number of anilines is 1. The van der Waals surface area contributed by atoms with Gasteiger partial charge in [-0.05, 0) is 23.6 Å². The SMILES string of the molecule is [C-]#[N+]CCOP1(=S)OCCn2c(nc3cncnc32)COP(=S)(S)O[C@@H]2[C@H](F)[C@@H](CO1)O[C@H]2n1cnc2c(=O)[nH]c(NC(=O)C(C)C)nc21. The van der Waals surface area contributed by atoms with E-state index in [1.807, 2.05) is 0 Å². The topological polar surface area (TPSA) is 196 Å². The summed E-state index contributed by atoms with van der Waals surface area (Å²) in [6, 6.07) is 0. The molecule has 2 unspecified atom stereocenters. The summed E-state index contributed by atoms with van der Waals surface area (Å²) in [7, 11) is 0. The van der Waals surface area contributed by atoms with Gasteiger partial charge in [-0.25, -0.2) is 30.9 Å². The third-order valence-corrected chi connectivity index (χ3v) is 11.8. The summed E-state index contributed by atoms with van der Waals surface area (Å²) in [5.74, 6) is -0.582. The van der Waals surface area contributed by atoms with Crippen molar-refractivity contribution in [2.24, 2.45) is 5.92 Å². The summed E-state index contributed by atoms with van der Waals surface area (Å²) >= 11 is 15.7. The van der Waals surface area contributed by atoms with Gasteiger partial charge in [0.15, 0.2) is 29.2 Å². The van der Waals surface area contributed by atoms with Crippen LogP contribution in [0.1, 0.15) is 25.9 Å². The van der Waals surface area contributed by atoms with Crippen molar-refractivity contribution in [1.82, 2.24) is 39.0 Å². The summed E-state index contributed by atoms with van der Waals surface area (Å²) in [6.45, 7) is 6.28. The number of fused-ring (bicyclic) bond motifs is 6. The molecular formula is C25H29FN10O8P2S3. The predicted octanol–water partition coefficient (Wildman–Crippen LogP) is 3.05. The van der Waals surface area contributed by atoms with E-state index in [0.29, 0.717) is 17.0 Å². The zero-order chi connectivity index (χ0) is 34.9. The Morgan fingerprint density at radius 2 is 2.10 bits per heavy atom. The zero-order valence-corrected chi connectivity index (χ0v) is 30.1. The number of alkyl halides is 1. The van der Waals surface area contributed by atoms with E-state index in [-0.39, 0.29) is 50.0 Å². The number of carbonyl (C=O) groups excluding carboxylic acids is 1. The number of rotatable bonds is 6. The fourth-order valence-electron chi connectivity index (χ4n) is 4.91. The van der Waals surface area contributed by atoms with E-state index in [2.05, 4.69) is 52.3 Å². The van der Waals surface area contributed by atoms with Gasteiger partial charge in [-0.15, -0.1) is 0 Å². The van der Waals surface area contributed by atoms with Gasteiger partial charge in [0.2, 0.25) is 24.1 Å². The molecule has 2 bridgehead atoms. The second-order valence-electron chi connectivity index (χ2n) is 10.9. The van der Waals surface area contributed by atoms with Gasteiger partial charge in [0.05, 0.1) is 25.7 Å². The van der Waals surface area contributed by atoms with E-state index in [1.165, 1.54) is 23.4 Å². The summed E-state index contributed by atoms with van der Waals surface area (Å²) in [5, 5.41) is 2.54. The molecule has 4 aromatic rings. The summed E-state index contributed by atoms with van der Waals surface area (Å²) in [5.41, 5.74) is -3.41. The number of imidazole rings is 2. The maximum absolute atomic E-state index is 16.4. The van der Waals surface area contributed by atoms with Crippen LogP contribution in [0, 0.1) is 12.5 Å². The molecule has 1 saturated heterocycles. The lowest BCUT2D eigenvalue weighted by Gasteiger charge is -2.26. The first kappa shape index (κ1) is 36.0. The zero-order valence-electron chi connectivity index (χ0n) is 25.7. The number of ether oxygens (including phenoxy) is 1. The molecule has 0 spiro atoms. The van der Waals surface area contributed by atoms with Gasteiger partial charge < -0.3 is 36.8 Å². The molecule has 0 aromatic carbocycles. The molecule has 2 N–H and O–H groups in total. The Labute approximate surface area is 292 Å². The van der Waals surface area contributed by atoms with E-state index >= 15 is 4.39 Å². The third-order valence-electron chi connectivity index (χ3n) is 7.25. The van der Waals surface area contributed by atoms with Crippen LogP contribution < -0.4 is 10.9 Å². The lowest BCUT2D eigenvalue weighted by Crippen LogP contribution is -2.32. The van der Waals surface area contributed by atoms with Gasteiger partial charge in [-0.1, -0.05) is 26.1 Å². The molecule has 2 aliphatic rings. The third kappa shape index (κ3) is 7.92. The molecule has 18 nitrogen and oxygen atoms in total. The summed E-state index contributed by atoms with van der Waals surface area (Å²) < 4.78 is 55.2. The number of nitrogens with one attached hydrogen (secondary N) is 2. The number of H-pyrrole nitrogens is 1. The predicted molar refractivity (Wildman–Crippen MR) is 182 cm³/mol. The van der Waals surface area contributed by atoms with Gasteiger partial charge in [0.1, 0.15) is 43.1 Å². The minimum absolute atomic E-state index is 0.00859. The molecule has 6 heterocycles. The number of amides is 1. The maximum Gasteiger partial charge on any atom is 0.327 e. The monoisotopic (exact) mass is 774 g/mol. The van der Waals surface area contributed by atoms with E-state index < -0.39 is 61.0 Å². The Morgan fingerprint density at radius 3 is 2.88 bits per heavy atom. The van der Waals surface area contributed by atoms with Crippen LogP contribution in [-0.2, 0) is 68.9 Å². The highest BCUT2D eigenvalue weighted by molar-refractivity contribution is 8.60. The highest BCUT2D eigenvalue weighted by Crippen LogP contribution is 2.58. The molecule has 2 aliphatic heterocycles. The van der Waals surface area contributed by atoms with Crippen molar-refractivity contribution in [3.05, 3.63) is 46.4 Å². The van der Waals surface area contributed by atoms with Gasteiger partial charge in [-0.2, -0.15) is 4.98 Å². The van der Waals surface area contributed by atoms with Crippen LogP contribution >= 0.6 is 24.7 Å². The summed E-state index contributed by atoms with van der Waals surface area (Å²) in [6.07, 6.45) is -1.94. The Hall–Kier alpha value is -2.80. The Morgan fingerprint density at radius 1 is 1.29 bits per heavy atom. The fraction of sp³-hybridized carbons (Fsp3) is 0.520. The van der Waals surface area contributed by atoms with E-state index in [9.17, 15) is 9.59 Å². The van der Waals surface area contributed by atoms with Crippen molar-refractivity contribution in [1.29, 1.82) is 0 Å². The van der Waals surface area contributed by atoms with Gasteiger partial charge in [-0.3, -0.25) is 24.5 Å². The van der Waals surface area contributed by atoms with Crippen molar-refractivity contribution in [2.75, 3.05) is 31.7 Å². The average Bonchev–Trinajstić information content (AvgIpc) is 3.72. The van der Waals surface area contributed by atoms with E-state index in [1.54, 1.807) is 18.4 Å². The maximum atomic E-state index is 16.4. The smallest absolute Gasteiger partial charge is 0.327 e. The minimum Gasteiger partial charge on any atom is -0.346 e. The standard InChI is InChI=1S/C25H29FN10O8P2S3/c1-13(2)22(37)33-25-32-21-18(23(38)34-25)30-12-36(21)24-19-17(26)15(43-24)9-41-45(47,39-6-4-27-3)40-7-5-35-16(10-42-46(48,49)44-19)31-14-8-28-11-29-20(14)35/h8,11-13,15,17,19,24H,4-7,9-10H2,1-2H3,(H,48,49)(H2,32,33,34,37,38)/t15-,17-,19-,24-,45?/m1/s1. The normalized spacial score (nSPS) is 28.2. The highest BCUT2D eigenvalue weighted by atomic mass is 32.9. The molecular weight excluding hydrogens is 745 g/mol. The molecule has 4 aromatic heterocycles. The van der Waals surface area contributed by atoms with Crippen LogP contribution in [0.15, 0.2) is 23.6 Å². The van der Waals surface area contributed by atoms with Crippen LogP contribution in [0.3, 0.4) is 0 Å². The molecule has 6 rings (SSSR count). The number of hydrogen-bond acceptors (Lipinski definition) is 15. The first-order chi connectivity index (χ1) is 23.4. The average molecular weight is 775 g/mol. The molecule has 0 aliphatic carbocycles. The number of hydrogen-bond donors (Lipinski definition) is 3. The molecule has 6 atom stereocenters. The molecule has 49 heavy (non-hydrogen) atoms. The van der Waals surface area contributed by atoms with Crippen LogP contribution in [0.5, 0.6) is 0 Å². The number of thiol groups is 1.